The SMILES string of the molecule is Cc1ccccc1C[NH+]1CC[NH+]([C@@H](C)C(=O)N[C@](C)(C#N)C(C)C)CC1. The van der Waals surface area contributed by atoms with Gasteiger partial charge in [0, 0.05) is 5.56 Å². The van der Waals surface area contributed by atoms with E-state index in [0.717, 1.165) is 32.7 Å². The van der Waals surface area contributed by atoms with Crippen molar-refractivity contribution >= 4 is 5.91 Å². The van der Waals surface area contributed by atoms with Crippen LogP contribution in [0.15, 0.2) is 24.3 Å². The van der Waals surface area contributed by atoms with E-state index >= 15 is 0 Å². The van der Waals surface area contributed by atoms with Crippen LogP contribution < -0.4 is 15.1 Å². The summed E-state index contributed by atoms with van der Waals surface area (Å²) in [6.45, 7) is 15.1. The number of piperazine rings is 1. The van der Waals surface area contributed by atoms with Crippen LogP contribution >= 0.6 is 0 Å². The number of hydrogen-bond acceptors (Lipinski definition) is 2. The molecule has 0 bridgehead atoms. The van der Waals surface area contributed by atoms with Gasteiger partial charge in [0.25, 0.3) is 5.91 Å². The summed E-state index contributed by atoms with van der Waals surface area (Å²) in [6.07, 6.45) is 0. The maximum absolute atomic E-state index is 12.6. The summed E-state index contributed by atoms with van der Waals surface area (Å²) in [6, 6.07) is 10.7. The first kappa shape index (κ1) is 20.4. The summed E-state index contributed by atoms with van der Waals surface area (Å²) in [5, 5.41) is 12.4. The number of nitriles is 1. The van der Waals surface area contributed by atoms with Gasteiger partial charge in [0.05, 0.1) is 6.07 Å². The van der Waals surface area contributed by atoms with Crippen molar-refractivity contribution in [2.75, 3.05) is 26.2 Å². The largest absolute Gasteiger partial charge is 0.333 e. The fourth-order valence-electron chi connectivity index (χ4n) is 3.46. The Morgan fingerprint density at radius 2 is 1.85 bits per heavy atom. The van der Waals surface area contributed by atoms with Gasteiger partial charge in [-0.05, 0) is 32.3 Å². The molecule has 1 amide bonds. The van der Waals surface area contributed by atoms with Gasteiger partial charge in [-0.15, -0.1) is 0 Å². The second kappa shape index (κ2) is 8.66. The molecule has 1 fully saturated rings. The van der Waals surface area contributed by atoms with Crippen LogP contribution in [0.4, 0.5) is 0 Å². The zero-order valence-corrected chi connectivity index (χ0v) is 16.9. The lowest BCUT2D eigenvalue weighted by atomic mass is 9.89. The Bertz CT molecular complexity index is 658. The van der Waals surface area contributed by atoms with E-state index in [1.807, 2.05) is 27.7 Å². The van der Waals surface area contributed by atoms with Gasteiger partial charge in [-0.2, -0.15) is 5.26 Å². The van der Waals surface area contributed by atoms with Crippen LogP contribution in [0.3, 0.4) is 0 Å². The highest BCUT2D eigenvalue weighted by molar-refractivity contribution is 5.81. The Kier molecular flexibility index (Phi) is 6.80. The Morgan fingerprint density at radius 3 is 2.38 bits per heavy atom. The number of benzene rings is 1. The Morgan fingerprint density at radius 1 is 1.23 bits per heavy atom. The van der Waals surface area contributed by atoms with E-state index in [2.05, 4.69) is 42.6 Å². The summed E-state index contributed by atoms with van der Waals surface area (Å²) in [4.78, 5) is 15.6. The molecule has 1 aromatic rings. The second-order valence-corrected chi connectivity index (χ2v) is 8.19. The molecule has 1 aliphatic heterocycles. The van der Waals surface area contributed by atoms with Gasteiger partial charge in [0.15, 0.2) is 6.04 Å². The van der Waals surface area contributed by atoms with Crippen LogP contribution in [0.1, 0.15) is 38.8 Å². The molecular weight excluding hydrogens is 324 g/mol. The van der Waals surface area contributed by atoms with Crippen LogP contribution in [0.5, 0.6) is 0 Å². The van der Waals surface area contributed by atoms with Crippen molar-refractivity contribution in [3.05, 3.63) is 35.4 Å². The number of aryl methyl sites for hydroxylation is 1. The van der Waals surface area contributed by atoms with Crippen molar-refractivity contribution in [2.45, 2.75) is 52.7 Å². The third-order valence-electron chi connectivity index (χ3n) is 6.08. The molecule has 0 saturated carbocycles. The standard InChI is InChI=1S/C21H32N4O/c1-16(2)21(5,15-22)23-20(26)18(4)25-12-10-24(11-13-25)14-19-9-7-6-8-17(19)3/h6-9,16,18H,10-14H2,1-5H3,(H,23,26)/p+2/t18-,21+/m0/s1. The summed E-state index contributed by atoms with van der Waals surface area (Å²) < 4.78 is 0. The van der Waals surface area contributed by atoms with Crippen LogP contribution in [-0.2, 0) is 11.3 Å². The number of carbonyl (C=O) groups is 1. The van der Waals surface area contributed by atoms with Gasteiger partial charge >= 0.3 is 0 Å². The summed E-state index contributed by atoms with van der Waals surface area (Å²) >= 11 is 0. The zero-order valence-electron chi connectivity index (χ0n) is 16.9. The lowest BCUT2D eigenvalue weighted by Crippen LogP contribution is -3.29. The quantitative estimate of drug-likeness (QED) is 0.655. The molecule has 0 aromatic heterocycles. The third-order valence-corrected chi connectivity index (χ3v) is 6.08. The average Bonchev–Trinajstić information content (AvgIpc) is 2.63. The molecule has 3 N–H and O–H groups in total. The van der Waals surface area contributed by atoms with E-state index in [0.29, 0.717) is 0 Å². The van der Waals surface area contributed by atoms with Crippen molar-refractivity contribution < 1.29 is 14.6 Å². The molecule has 0 radical (unpaired) electrons. The average molecular weight is 359 g/mol. The molecule has 26 heavy (non-hydrogen) atoms. The number of nitrogens with one attached hydrogen (secondary N) is 3. The first-order chi connectivity index (χ1) is 12.3. The van der Waals surface area contributed by atoms with Crippen LogP contribution in [0.2, 0.25) is 0 Å². The molecule has 2 rings (SSSR count). The lowest BCUT2D eigenvalue weighted by Gasteiger charge is -2.34. The highest BCUT2D eigenvalue weighted by Gasteiger charge is 2.36. The van der Waals surface area contributed by atoms with Gasteiger partial charge in [-0.1, -0.05) is 38.1 Å². The fraction of sp³-hybridized carbons (Fsp3) is 0.619. The van der Waals surface area contributed by atoms with Gasteiger partial charge < -0.3 is 15.1 Å². The van der Waals surface area contributed by atoms with Gasteiger partial charge in [0.2, 0.25) is 0 Å². The first-order valence-corrected chi connectivity index (χ1v) is 9.72. The number of rotatable bonds is 6. The minimum atomic E-state index is -0.803. The molecule has 0 aliphatic carbocycles. The number of quaternary nitrogens is 2. The number of carbonyl (C=O) groups excluding carboxylic acids is 1. The van der Waals surface area contributed by atoms with E-state index in [4.69, 9.17) is 0 Å². The molecule has 2 atom stereocenters. The first-order valence-electron chi connectivity index (χ1n) is 9.72. The third kappa shape index (κ3) is 4.84. The van der Waals surface area contributed by atoms with E-state index in [-0.39, 0.29) is 17.9 Å². The molecule has 5 nitrogen and oxygen atoms in total. The summed E-state index contributed by atoms with van der Waals surface area (Å²) in [5.74, 6) is 0.0640. The molecular formula is C21H34N4O+2. The van der Waals surface area contributed by atoms with Crippen molar-refractivity contribution in [1.82, 2.24) is 5.32 Å². The predicted octanol–water partition coefficient (Wildman–Crippen LogP) is -0.279. The normalized spacial score (nSPS) is 23.7. The van der Waals surface area contributed by atoms with Gasteiger partial charge in [-0.25, -0.2) is 0 Å². The number of amides is 1. The number of hydrogen-bond donors (Lipinski definition) is 3. The second-order valence-electron chi connectivity index (χ2n) is 8.19. The van der Waals surface area contributed by atoms with E-state index in [1.165, 1.54) is 16.0 Å². The van der Waals surface area contributed by atoms with Crippen LogP contribution in [0.25, 0.3) is 0 Å². The van der Waals surface area contributed by atoms with E-state index in [1.54, 1.807) is 4.90 Å². The molecule has 142 valence electrons. The topological polar surface area (TPSA) is 61.8 Å². The predicted molar refractivity (Wildman–Crippen MR) is 103 cm³/mol. The minimum Gasteiger partial charge on any atom is -0.333 e. The summed E-state index contributed by atoms with van der Waals surface area (Å²) in [5.41, 5.74) is 1.97. The molecule has 1 aromatic carbocycles. The molecule has 0 unspecified atom stereocenters. The smallest absolute Gasteiger partial charge is 0.279 e. The van der Waals surface area contributed by atoms with Crippen molar-refractivity contribution in [3.8, 4) is 6.07 Å². The number of nitrogens with zero attached hydrogens (tertiary/aromatic N) is 1. The van der Waals surface area contributed by atoms with Crippen molar-refractivity contribution in [2.24, 2.45) is 5.92 Å². The van der Waals surface area contributed by atoms with Crippen LogP contribution in [0, 0.1) is 24.2 Å². The Labute approximate surface area is 158 Å². The monoisotopic (exact) mass is 358 g/mol. The Hall–Kier alpha value is -1.90. The molecule has 5 heteroatoms. The van der Waals surface area contributed by atoms with Gasteiger partial charge in [-0.3, -0.25) is 4.79 Å². The van der Waals surface area contributed by atoms with Gasteiger partial charge in [0.1, 0.15) is 38.3 Å². The Balaban J connectivity index is 1.88. The highest BCUT2D eigenvalue weighted by Crippen LogP contribution is 2.15. The highest BCUT2D eigenvalue weighted by atomic mass is 16.2. The molecule has 1 aliphatic rings. The zero-order chi connectivity index (χ0) is 19.3. The molecule has 1 saturated heterocycles. The summed E-state index contributed by atoms with van der Waals surface area (Å²) in [7, 11) is 0. The van der Waals surface area contributed by atoms with E-state index in [9.17, 15) is 10.1 Å². The molecule has 0 spiro atoms. The molecule has 1 heterocycles. The van der Waals surface area contributed by atoms with Crippen molar-refractivity contribution in [3.63, 3.8) is 0 Å². The minimum absolute atomic E-state index is 0.0138. The lowest BCUT2D eigenvalue weighted by molar-refractivity contribution is -1.02. The maximum atomic E-state index is 12.6. The fourth-order valence-corrected chi connectivity index (χ4v) is 3.46. The van der Waals surface area contributed by atoms with E-state index < -0.39 is 5.54 Å². The van der Waals surface area contributed by atoms with Crippen molar-refractivity contribution in [1.29, 1.82) is 5.26 Å². The van der Waals surface area contributed by atoms with Crippen LogP contribution in [-0.4, -0.2) is 43.7 Å². The maximum Gasteiger partial charge on any atom is 0.279 e.